The van der Waals surface area contributed by atoms with Crippen molar-refractivity contribution in [1.82, 2.24) is 16.0 Å². The molecule has 0 radical (unpaired) electrons. The summed E-state index contributed by atoms with van der Waals surface area (Å²) in [6.07, 6.45) is 0.225. The third kappa shape index (κ3) is 10.7. The fraction of sp³-hybridized carbons (Fsp3) is 0.400. The third-order valence-corrected chi connectivity index (χ3v) is 8.95. The van der Waals surface area contributed by atoms with E-state index in [0.717, 1.165) is 22.3 Å². The van der Waals surface area contributed by atoms with Gasteiger partial charge in [0.15, 0.2) is 11.6 Å². The van der Waals surface area contributed by atoms with Crippen LogP contribution in [0.5, 0.6) is 0 Å². The molecule has 5 N–H and O–H groups in total. The first-order valence-electron chi connectivity index (χ1n) is 17.6. The maximum absolute atomic E-state index is 13.3. The van der Waals surface area contributed by atoms with Crippen LogP contribution in [0, 0.1) is 11.8 Å². The molecule has 3 atom stereocenters. The Kier molecular flexibility index (Phi) is 14.0. The van der Waals surface area contributed by atoms with E-state index in [0.29, 0.717) is 18.5 Å². The molecule has 276 valence electrons. The molecular weight excluding hydrogens is 664 g/mol. The molecule has 0 spiro atoms. The molecule has 12 nitrogen and oxygen atoms in total. The Morgan fingerprint density at radius 2 is 1.27 bits per heavy atom. The molecule has 0 aliphatic heterocycles. The minimum atomic E-state index is -1.10. The first-order valence-corrected chi connectivity index (χ1v) is 17.6. The normalized spacial score (nSPS) is 13.8. The van der Waals surface area contributed by atoms with E-state index in [1.165, 1.54) is 24.3 Å². The van der Waals surface area contributed by atoms with Crippen molar-refractivity contribution >= 4 is 41.0 Å². The molecule has 52 heavy (non-hydrogen) atoms. The highest BCUT2D eigenvalue weighted by atomic mass is 16.5. The van der Waals surface area contributed by atoms with Crippen LogP contribution in [0.2, 0.25) is 0 Å². The highest BCUT2D eigenvalue weighted by molar-refractivity contribution is 6.35. The molecule has 12 heteroatoms. The average molecular weight is 713 g/mol. The van der Waals surface area contributed by atoms with Crippen LogP contribution in [0.15, 0.2) is 72.8 Å². The number of hydrogen-bond acceptors (Lipinski definition) is 9. The number of nitrogens with one attached hydrogen (secondary N) is 4. The largest absolute Gasteiger partial charge is 0.478 e. The maximum atomic E-state index is 13.3. The van der Waals surface area contributed by atoms with E-state index < -0.39 is 59.9 Å². The lowest BCUT2D eigenvalue weighted by Gasteiger charge is -2.22. The number of anilines is 1. The van der Waals surface area contributed by atoms with Crippen LogP contribution >= 0.6 is 0 Å². The van der Waals surface area contributed by atoms with Crippen molar-refractivity contribution in [1.29, 1.82) is 0 Å². The van der Waals surface area contributed by atoms with E-state index in [4.69, 9.17) is 9.84 Å². The maximum Gasteiger partial charge on any atom is 0.376 e. The lowest BCUT2D eigenvalue weighted by atomic mass is 9.96. The Bertz CT molecular complexity index is 1730. The van der Waals surface area contributed by atoms with E-state index in [1.807, 2.05) is 76.2 Å². The van der Waals surface area contributed by atoms with Crippen molar-refractivity contribution < 1.29 is 38.6 Å². The number of ether oxygens (including phenoxy) is 1. The summed E-state index contributed by atoms with van der Waals surface area (Å²) in [6.45, 7) is 9.28. The summed E-state index contributed by atoms with van der Waals surface area (Å²) in [5.41, 5.74) is 4.66. The van der Waals surface area contributed by atoms with Crippen LogP contribution in [-0.2, 0) is 23.9 Å². The predicted molar refractivity (Wildman–Crippen MR) is 197 cm³/mol. The lowest BCUT2D eigenvalue weighted by Crippen LogP contribution is -2.49. The number of carbonyl (C=O) groups is 6. The summed E-state index contributed by atoms with van der Waals surface area (Å²) < 4.78 is 5.60. The highest BCUT2D eigenvalue weighted by Crippen LogP contribution is 2.44. The Morgan fingerprint density at radius 3 is 1.83 bits per heavy atom. The second-order valence-electron chi connectivity index (χ2n) is 14.0. The number of aromatic carboxylic acids is 1. The zero-order valence-electron chi connectivity index (χ0n) is 30.2. The highest BCUT2D eigenvalue weighted by Gasteiger charge is 2.32. The van der Waals surface area contributed by atoms with Gasteiger partial charge in [-0.1, -0.05) is 76.2 Å². The zero-order valence-corrected chi connectivity index (χ0v) is 30.2. The van der Waals surface area contributed by atoms with Crippen molar-refractivity contribution in [2.24, 2.45) is 11.8 Å². The van der Waals surface area contributed by atoms with Crippen LogP contribution in [0.4, 0.5) is 10.5 Å². The quantitative estimate of drug-likeness (QED) is 0.0473. The first kappa shape index (κ1) is 39.6. The monoisotopic (exact) mass is 712 g/mol. The van der Waals surface area contributed by atoms with Gasteiger partial charge in [-0.2, -0.15) is 0 Å². The Hall–Kier alpha value is -5.20. The summed E-state index contributed by atoms with van der Waals surface area (Å²) >= 11 is 0. The molecule has 0 bridgehead atoms. The minimum Gasteiger partial charge on any atom is -0.478 e. The first-order chi connectivity index (χ1) is 24.7. The fourth-order valence-corrected chi connectivity index (χ4v) is 6.23. The smallest absolute Gasteiger partial charge is 0.376 e. The number of carboxylic acid groups (broad SMARTS) is 1. The summed E-state index contributed by atoms with van der Waals surface area (Å²) in [6, 6.07) is 18.2. The van der Waals surface area contributed by atoms with E-state index in [2.05, 4.69) is 21.3 Å². The molecule has 2 amide bonds. The zero-order chi connectivity index (χ0) is 37.9. The number of urea groups is 1. The fourth-order valence-electron chi connectivity index (χ4n) is 6.23. The van der Waals surface area contributed by atoms with Crippen molar-refractivity contribution in [3.05, 3.63) is 89.5 Å². The van der Waals surface area contributed by atoms with Gasteiger partial charge in [-0.25, -0.2) is 14.4 Å². The van der Waals surface area contributed by atoms with Crippen LogP contribution in [0.25, 0.3) is 11.1 Å². The minimum absolute atomic E-state index is 0.0115. The van der Waals surface area contributed by atoms with E-state index in [9.17, 15) is 28.8 Å². The molecule has 1 aliphatic carbocycles. The van der Waals surface area contributed by atoms with Crippen LogP contribution in [-0.4, -0.2) is 71.8 Å². The number of rotatable bonds is 19. The second kappa shape index (κ2) is 18.3. The van der Waals surface area contributed by atoms with Gasteiger partial charge in [-0.05, 0) is 78.1 Å². The van der Waals surface area contributed by atoms with Gasteiger partial charge in [0.1, 0.15) is 6.61 Å². The Balaban J connectivity index is 1.28. The van der Waals surface area contributed by atoms with Crippen molar-refractivity contribution in [2.75, 3.05) is 18.6 Å². The van der Waals surface area contributed by atoms with Gasteiger partial charge in [0.2, 0.25) is 0 Å². The molecular formula is C40H48N4O8. The van der Waals surface area contributed by atoms with Crippen molar-refractivity contribution in [3.63, 3.8) is 0 Å². The summed E-state index contributed by atoms with van der Waals surface area (Å²) in [5, 5.41) is 20.3. The molecule has 1 aliphatic rings. The summed E-state index contributed by atoms with van der Waals surface area (Å²) in [5.74, 6) is -3.67. The van der Waals surface area contributed by atoms with Gasteiger partial charge in [-0.3, -0.25) is 25.0 Å². The molecule has 0 saturated carbocycles. The van der Waals surface area contributed by atoms with E-state index in [1.54, 1.807) is 6.92 Å². The number of hydrogen-bond donors (Lipinski definition) is 5. The third-order valence-electron chi connectivity index (χ3n) is 8.95. The average Bonchev–Trinajstić information content (AvgIpc) is 3.42. The van der Waals surface area contributed by atoms with Crippen molar-refractivity contribution in [3.8, 4) is 11.1 Å². The summed E-state index contributed by atoms with van der Waals surface area (Å²) in [7, 11) is 0. The number of Topliss-reactive ketones (excluding diaryl/α,β-unsaturated/α-hetero) is 3. The van der Waals surface area contributed by atoms with Crippen molar-refractivity contribution in [2.45, 2.75) is 77.9 Å². The van der Waals surface area contributed by atoms with Crippen LogP contribution in [0.3, 0.4) is 0 Å². The number of benzene rings is 3. The molecule has 0 heterocycles. The topological polar surface area (TPSA) is 180 Å². The molecule has 0 fully saturated rings. The second-order valence-corrected chi connectivity index (χ2v) is 14.0. The van der Waals surface area contributed by atoms with Crippen LogP contribution < -0.4 is 21.3 Å². The van der Waals surface area contributed by atoms with E-state index >= 15 is 0 Å². The Labute approximate surface area is 304 Å². The SMILES string of the molecule is CC(C)C[C@H](NC(=O)Nc1ccc(C(=O)O)cc1)C(=O)CC(=O)[C@H](C)NCN[C@@H](CC(C)C)C(=O)C(=O)OCC1c2ccccc2-c2ccccc21. The molecule has 4 rings (SSSR count). The van der Waals surface area contributed by atoms with Crippen LogP contribution in [0.1, 0.15) is 81.3 Å². The van der Waals surface area contributed by atoms with Gasteiger partial charge < -0.3 is 20.5 Å². The van der Waals surface area contributed by atoms with Gasteiger partial charge in [0.25, 0.3) is 5.78 Å². The lowest BCUT2D eigenvalue weighted by molar-refractivity contribution is -0.155. The predicted octanol–water partition coefficient (Wildman–Crippen LogP) is 5.31. The number of ketones is 3. The molecule has 0 saturated heterocycles. The summed E-state index contributed by atoms with van der Waals surface area (Å²) in [4.78, 5) is 76.4. The van der Waals surface area contributed by atoms with Gasteiger partial charge in [-0.15, -0.1) is 0 Å². The number of fused-ring (bicyclic) bond motifs is 3. The number of amides is 2. The Morgan fingerprint density at radius 1 is 0.712 bits per heavy atom. The standard InChI is InChI=1S/C40H48N4O8/c1-23(2)18-33(44-40(51)43-27-16-14-26(15-17-27)38(48)49)36(46)20-35(45)25(5)41-22-42-34(19-24(3)4)37(47)39(50)52-21-32-30-12-8-6-10-28(30)29-11-7-9-13-31(29)32/h6-17,23-25,32-34,41-42H,18-22H2,1-5H3,(H,48,49)(H2,43,44,51)/t25-,33-,34-/m0/s1. The van der Waals surface area contributed by atoms with Gasteiger partial charge in [0, 0.05) is 18.3 Å². The molecule has 0 unspecified atom stereocenters. The number of esters is 1. The molecule has 3 aromatic rings. The van der Waals surface area contributed by atoms with Gasteiger partial charge in [0.05, 0.1) is 30.1 Å². The number of carbonyl (C=O) groups excluding carboxylic acids is 5. The van der Waals surface area contributed by atoms with Gasteiger partial charge >= 0.3 is 18.0 Å². The molecule has 0 aromatic heterocycles. The number of carboxylic acids is 1. The van der Waals surface area contributed by atoms with E-state index in [-0.39, 0.29) is 36.6 Å². The molecule has 3 aromatic carbocycles.